The fourth-order valence-electron chi connectivity index (χ4n) is 2.20. The number of likely N-dealkylation sites (tertiary alicyclic amines) is 1. The van der Waals surface area contributed by atoms with Crippen molar-refractivity contribution in [2.24, 2.45) is 11.3 Å². The van der Waals surface area contributed by atoms with E-state index in [1.54, 1.807) is 11.8 Å². The third kappa shape index (κ3) is 3.22. The van der Waals surface area contributed by atoms with Gasteiger partial charge in [0.25, 0.3) is 0 Å². The SMILES string of the molecule is CC1(C(=O)O)CCN(C(=O)CCOCC2CC2)C1. The van der Waals surface area contributed by atoms with Crippen LogP contribution in [-0.4, -0.2) is 48.2 Å². The molecule has 1 aliphatic carbocycles. The largest absolute Gasteiger partial charge is 0.481 e. The first-order valence-corrected chi connectivity index (χ1v) is 6.60. The lowest BCUT2D eigenvalue weighted by molar-refractivity contribution is -0.147. The third-order valence-electron chi connectivity index (χ3n) is 3.85. The lowest BCUT2D eigenvalue weighted by Crippen LogP contribution is -2.35. The van der Waals surface area contributed by atoms with E-state index in [4.69, 9.17) is 9.84 Å². The summed E-state index contributed by atoms with van der Waals surface area (Å²) in [6, 6.07) is 0. The van der Waals surface area contributed by atoms with E-state index < -0.39 is 11.4 Å². The van der Waals surface area contributed by atoms with Crippen LogP contribution < -0.4 is 0 Å². The Morgan fingerprint density at radius 2 is 2.17 bits per heavy atom. The molecule has 1 heterocycles. The van der Waals surface area contributed by atoms with Gasteiger partial charge in [0.05, 0.1) is 18.4 Å². The molecule has 2 aliphatic rings. The predicted octanol–water partition coefficient (Wildman–Crippen LogP) is 1.13. The van der Waals surface area contributed by atoms with Crippen molar-refractivity contribution in [1.82, 2.24) is 4.90 Å². The van der Waals surface area contributed by atoms with E-state index in [-0.39, 0.29) is 5.91 Å². The highest BCUT2D eigenvalue weighted by molar-refractivity contribution is 5.80. The van der Waals surface area contributed by atoms with E-state index in [9.17, 15) is 9.59 Å². The zero-order valence-electron chi connectivity index (χ0n) is 10.9. The molecule has 0 aromatic heterocycles. The molecule has 2 rings (SSSR count). The summed E-state index contributed by atoms with van der Waals surface area (Å²) in [5, 5.41) is 9.09. The van der Waals surface area contributed by atoms with Gasteiger partial charge in [-0.1, -0.05) is 0 Å². The Bertz CT molecular complexity index is 340. The number of hydrogen-bond acceptors (Lipinski definition) is 3. The van der Waals surface area contributed by atoms with Crippen molar-refractivity contribution in [2.45, 2.75) is 32.6 Å². The number of aliphatic carboxylic acids is 1. The van der Waals surface area contributed by atoms with Gasteiger partial charge in [0.15, 0.2) is 0 Å². The van der Waals surface area contributed by atoms with E-state index in [0.29, 0.717) is 38.5 Å². The first-order chi connectivity index (χ1) is 8.51. The molecular weight excluding hydrogens is 234 g/mol. The van der Waals surface area contributed by atoms with Crippen LogP contribution in [-0.2, 0) is 14.3 Å². The highest BCUT2D eigenvalue weighted by Crippen LogP contribution is 2.30. The maximum Gasteiger partial charge on any atom is 0.311 e. The Hall–Kier alpha value is -1.10. The van der Waals surface area contributed by atoms with Crippen LogP contribution in [0, 0.1) is 11.3 Å². The Morgan fingerprint density at radius 3 is 2.72 bits per heavy atom. The molecule has 1 aliphatic heterocycles. The molecule has 0 spiro atoms. The van der Waals surface area contributed by atoms with Crippen molar-refractivity contribution in [1.29, 1.82) is 0 Å². The van der Waals surface area contributed by atoms with Crippen molar-refractivity contribution in [3.05, 3.63) is 0 Å². The van der Waals surface area contributed by atoms with Gasteiger partial charge in [0.2, 0.25) is 5.91 Å². The molecule has 1 amide bonds. The van der Waals surface area contributed by atoms with E-state index in [1.165, 1.54) is 12.8 Å². The minimum Gasteiger partial charge on any atom is -0.481 e. The van der Waals surface area contributed by atoms with Gasteiger partial charge >= 0.3 is 5.97 Å². The number of carbonyl (C=O) groups is 2. The first-order valence-electron chi connectivity index (χ1n) is 6.60. The van der Waals surface area contributed by atoms with E-state index >= 15 is 0 Å². The summed E-state index contributed by atoms with van der Waals surface area (Å²) in [5.74, 6) is -0.0965. The molecule has 2 fully saturated rings. The average Bonchev–Trinajstić information content (AvgIpc) is 3.06. The predicted molar refractivity (Wildman–Crippen MR) is 65.1 cm³/mol. The highest BCUT2D eigenvalue weighted by atomic mass is 16.5. The molecular formula is C13H21NO4. The van der Waals surface area contributed by atoms with Crippen LogP contribution in [0.2, 0.25) is 0 Å². The van der Waals surface area contributed by atoms with Crippen molar-refractivity contribution < 1.29 is 19.4 Å². The quantitative estimate of drug-likeness (QED) is 0.722. The molecule has 1 unspecified atom stereocenters. The van der Waals surface area contributed by atoms with Crippen LogP contribution in [0.3, 0.4) is 0 Å². The average molecular weight is 255 g/mol. The molecule has 5 heteroatoms. The molecule has 1 saturated heterocycles. The Labute approximate surface area is 107 Å². The summed E-state index contributed by atoms with van der Waals surface area (Å²) in [6.07, 6.45) is 3.40. The molecule has 102 valence electrons. The topological polar surface area (TPSA) is 66.8 Å². The molecule has 0 radical (unpaired) electrons. The number of amides is 1. The van der Waals surface area contributed by atoms with Crippen molar-refractivity contribution >= 4 is 11.9 Å². The van der Waals surface area contributed by atoms with Gasteiger partial charge in [-0.15, -0.1) is 0 Å². The summed E-state index contributed by atoms with van der Waals surface area (Å²) in [5.41, 5.74) is -0.773. The molecule has 0 aromatic rings. The Balaban J connectivity index is 1.68. The zero-order chi connectivity index (χ0) is 13.2. The smallest absolute Gasteiger partial charge is 0.311 e. The fourth-order valence-corrected chi connectivity index (χ4v) is 2.20. The lowest BCUT2D eigenvalue weighted by Gasteiger charge is -2.20. The summed E-state index contributed by atoms with van der Waals surface area (Å²) in [4.78, 5) is 24.6. The normalized spacial score (nSPS) is 27.5. The van der Waals surface area contributed by atoms with Gasteiger partial charge in [-0.05, 0) is 32.1 Å². The maximum atomic E-state index is 11.9. The summed E-state index contributed by atoms with van der Waals surface area (Å²) in [6.45, 7) is 3.79. The number of ether oxygens (including phenoxy) is 1. The number of carboxylic acids is 1. The molecule has 0 bridgehead atoms. The molecule has 1 atom stereocenters. The van der Waals surface area contributed by atoms with Crippen molar-refractivity contribution in [2.75, 3.05) is 26.3 Å². The second-order valence-corrected chi connectivity index (χ2v) is 5.70. The third-order valence-corrected chi connectivity index (χ3v) is 3.85. The van der Waals surface area contributed by atoms with Crippen LogP contribution >= 0.6 is 0 Å². The van der Waals surface area contributed by atoms with Crippen molar-refractivity contribution in [3.8, 4) is 0 Å². The number of hydrogen-bond donors (Lipinski definition) is 1. The Kier molecular flexibility index (Phi) is 3.90. The number of rotatable bonds is 6. The second-order valence-electron chi connectivity index (χ2n) is 5.70. The summed E-state index contributed by atoms with van der Waals surface area (Å²) in [7, 11) is 0. The minimum absolute atomic E-state index is 0.00997. The fraction of sp³-hybridized carbons (Fsp3) is 0.846. The maximum absolute atomic E-state index is 11.9. The second kappa shape index (κ2) is 5.26. The molecule has 18 heavy (non-hydrogen) atoms. The van der Waals surface area contributed by atoms with Crippen LogP contribution in [0.15, 0.2) is 0 Å². The van der Waals surface area contributed by atoms with Crippen LogP contribution in [0.4, 0.5) is 0 Å². The lowest BCUT2D eigenvalue weighted by atomic mass is 9.90. The monoisotopic (exact) mass is 255 g/mol. The van der Waals surface area contributed by atoms with E-state index in [0.717, 1.165) is 6.61 Å². The molecule has 5 nitrogen and oxygen atoms in total. The highest BCUT2D eigenvalue weighted by Gasteiger charge is 2.41. The van der Waals surface area contributed by atoms with Gasteiger partial charge in [-0.2, -0.15) is 0 Å². The number of nitrogens with zero attached hydrogens (tertiary/aromatic N) is 1. The Morgan fingerprint density at radius 1 is 1.44 bits per heavy atom. The van der Waals surface area contributed by atoms with Gasteiger partial charge in [0.1, 0.15) is 0 Å². The van der Waals surface area contributed by atoms with Crippen LogP contribution in [0.5, 0.6) is 0 Å². The van der Waals surface area contributed by atoms with Crippen LogP contribution in [0.1, 0.15) is 32.6 Å². The van der Waals surface area contributed by atoms with Gasteiger partial charge in [-0.25, -0.2) is 0 Å². The van der Waals surface area contributed by atoms with E-state index in [1.807, 2.05) is 0 Å². The van der Waals surface area contributed by atoms with Gasteiger partial charge in [-0.3, -0.25) is 9.59 Å². The number of carbonyl (C=O) groups excluding carboxylic acids is 1. The summed E-state index contributed by atoms with van der Waals surface area (Å²) < 4.78 is 5.42. The standard InChI is InChI=1S/C13H21NO4/c1-13(12(16)17)5-6-14(9-13)11(15)4-7-18-8-10-2-3-10/h10H,2-9H2,1H3,(H,16,17). The van der Waals surface area contributed by atoms with Gasteiger partial charge in [0, 0.05) is 19.7 Å². The van der Waals surface area contributed by atoms with Gasteiger partial charge < -0.3 is 14.7 Å². The minimum atomic E-state index is -0.817. The van der Waals surface area contributed by atoms with E-state index in [2.05, 4.69) is 0 Å². The van der Waals surface area contributed by atoms with Crippen molar-refractivity contribution in [3.63, 3.8) is 0 Å². The first kappa shape index (κ1) is 13.3. The molecule has 1 saturated carbocycles. The molecule has 1 N–H and O–H groups in total. The number of carboxylic acid groups (broad SMARTS) is 1. The van der Waals surface area contributed by atoms with Crippen LogP contribution in [0.25, 0.3) is 0 Å². The zero-order valence-corrected chi connectivity index (χ0v) is 10.9. The molecule has 0 aromatic carbocycles. The summed E-state index contributed by atoms with van der Waals surface area (Å²) >= 11 is 0.